The van der Waals surface area contributed by atoms with Gasteiger partial charge in [-0.3, -0.25) is 0 Å². The summed E-state index contributed by atoms with van der Waals surface area (Å²) >= 11 is 0. The fourth-order valence-corrected chi connectivity index (χ4v) is 5.74. The summed E-state index contributed by atoms with van der Waals surface area (Å²) in [5, 5.41) is 15.6. The Hall–Kier alpha value is -0.970. The molecule has 4 bridgehead atoms. The van der Waals surface area contributed by atoms with E-state index >= 15 is 0 Å². The molecule has 0 saturated heterocycles. The summed E-state index contributed by atoms with van der Waals surface area (Å²) in [6.45, 7) is 3.10. The lowest BCUT2D eigenvalue weighted by atomic mass is 9.48. The van der Waals surface area contributed by atoms with Gasteiger partial charge >= 0.3 is 0 Å². The third-order valence-corrected chi connectivity index (χ3v) is 6.23. The topological polar surface area (TPSA) is 55.6 Å². The minimum absolute atomic E-state index is 0.439. The second-order valence-corrected chi connectivity index (χ2v) is 7.53. The smallest absolute Gasteiger partial charge is 0.165 e. The molecule has 0 amide bonds. The van der Waals surface area contributed by atoms with Gasteiger partial charge in [0.05, 0.1) is 12.6 Å². The first-order chi connectivity index (χ1) is 9.70. The predicted octanol–water partition coefficient (Wildman–Crippen LogP) is 2.17. The van der Waals surface area contributed by atoms with E-state index in [0.717, 1.165) is 30.1 Å². The lowest BCUT2D eigenvalue weighted by Gasteiger charge is -2.58. The molecular weight excluding hydrogens is 250 g/mol. The zero-order valence-electron chi connectivity index (χ0n) is 12.5. The highest BCUT2D eigenvalue weighted by Gasteiger charge is 2.54. The third kappa shape index (κ3) is 1.82. The number of nitrogens with zero attached hydrogens (tertiary/aromatic N) is 4. The van der Waals surface area contributed by atoms with Gasteiger partial charge in [-0.1, -0.05) is 0 Å². The van der Waals surface area contributed by atoms with Gasteiger partial charge in [0.25, 0.3) is 0 Å². The average molecular weight is 275 g/mol. The van der Waals surface area contributed by atoms with Crippen molar-refractivity contribution in [2.24, 2.45) is 23.2 Å². The molecule has 4 aliphatic carbocycles. The van der Waals surface area contributed by atoms with E-state index in [2.05, 4.69) is 32.4 Å². The van der Waals surface area contributed by atoms with Crippen LogP contribution in [-0.2, 0) is 6.54 Å². The molecule has 1 atom stereocenters. The van der Waals surface area contributed by atoms with Crippen molar-refractivity contribution in [1.82, 2.24) is 25.5 Å². The number of hydrogen-bond donors (Lipinski definition) is 1. The van der Waals surface area contributed by atoms with E-state index in [1.165, 1.54) is 38.5 Å². The molecular formula is C15H25N5. The van der Waals surface area contributed by atoms with Gasteiger partial charge in [0.2, 0.25) is 0 Å². The maximum Gasteiger partial charge on any atom is 0.165 e. The van der Waals surface area contributed by atoms with Crippen molar-refractivity contribution in [2.45, 2.75) is 58.0 Å². The van der Waals surface area contributed by atoms with Gasteiger partial charge < -0.3 is 5.32 Å². The molecule has 1 heterocycles. The molecule has 0 aromatic carbocycles. The van der Waals surface area contributed by atoms with Crippen LogP contribution in [0, 0.1) is 23.2 Å². The molecule has 0 spiro atoms. The van der Waals surface area contributed by atoms with E-state index in [4.69, 9.17) is 0 Å². The van der Waals surface area contributed by atoms with Crippen LogP contribution in [0.2, 0.25) is 0 Å². The number of hydrogen-bond acceptors (Lipinski definition) is 4. The Bertz CT molecular complexity index is 459. The quantitative estimate of drug-likeness (QED) is 0.915. The highest BCUT2D eigenvalue weighted by molar-refractivity contribution is 5.05. The van der Waals surface area contributed by atoms with Crippen molar-refractivity contribution in [3.05, 3.63) is 5.82 Å². The first-order valence-electron chi connectivity index (χ1n) is 8.11. The largest absolute Gasteiger partial charge is 0.313 e. The number of rotatable bonds is 4. The van der Waals surface area contributed by atoms with Crippen LogP contribution in [0.1, 0.15) is 57.3 Å². The van der Waals surface area contributed by atoms with Gasteiger partial charge in [-0.05, 0) is 86.1 Å². The van der Waals surface area contributed by atoms with Crippen molar-refractivity contribution in [2.75, 3.05) is 7.05 Å². The monoisotopic (exact) mass is 275 g/mol. The van der Waals surface area contributed by atoms with Gasteiger partial charge in [-0.15, -0.1) is 5.10 Å². The standard InChI is InChI=1S/C15H25N5/c1-10(20-14(9-16-2)17-18-19-20)15-6-11-3-12(7-15)5-13(4-11)8-15/h10-13,16H,3-9H2,1-2H3. The van der Waals surface area contributed by atoms with Crippen molar-refractivity contribution in [1.29, 1.82) is 0 Å². The van der Waals surface area contributed by atoms with Crippen LogP contribution in [0.3, 0.4) is 0 Å². The number of aromatic nitrogens is 4. The molecule has 0 aliphatic heterocycles. The van der Waals surface area contributed by atoms with E-state index in [9.17, 15) is 0 Å². The van der Waals surface area contributed by atoms with E-state index in [-0.39, 0.29) is 0 Å². The molecule has 5 rings (SSSR count). The highest BCUT2D eigenvalue weighted by Crippen LogP contribution is 2.63. The summed E-state index contributed by atoms with van der Waals surface area (Å²) in [6, 6.07) is 0.439. The summed E-state index contributed by atoms with van der Waals surface area (Å²) in [7, 11) is 1.95. The molecule has 20 heavy (non-hydrogen) atoms. The van der Waals surface area contributed by atoms with E-state index in [0.29, 0.717) is 11.5 Å². The van der Waals surface area contributed by atoms with Crippen LogP contribution < -0.4 is 5.32 Å². The van der Waals surface area contributed by atoms with Crippen LogP contribution in [0.15, 0.2) is 0 Å². The molecule has 1 N–H and O–H groups in total. The van der Waals surface area contributed by atoms with Crippen molar-refractivity contribution < 1.29 is 0 Å². The van der Waals surface area contributed by atoms with Crippen LogP contribution >= 0.6 is 0 Å². The third-order valence-electron chi connectivity index (χ3n) is 6.23. The summed E-state index contributed by atoms with van der Waals surface area (Å²) in [5.74, 6) is 3.92. The average Bonchev–Trinajstić information content (AvgIpc) is 2.85. The minimum Gasteiger partial charge on any atom is -0.313 e. The summed E-state index contributed by atoms with van der Waals surface area (Å²) in [6.07, 6.45) is 8.68. The van der Waals surface area contributed by atoms with Gasteiger partial charge in [0.15, 0.2) is 5.82 Å². The molecule has 4 saturated carbocycles. The lowest BCUT2D eigenvalue weighted by Crippen LogP contribution is -2.49. The zero-order valence-corrected chi connectivity index (χ0v) is 12.5. The van der Waals surface area contributed by atoms with Crippen LogP contribution in [0.5, 0.6) is 0 Å². The van der Waals surface area contributed by atoms with Crippen molar-refractivity contribution in [3.63, 3.8) is 0 Å². The molecule has 4 aliphatic rings. The summed E-state index contributed by atoms with van der Waals surface area (Å²) in [5.41, 5.74) is 0.465. The Labute approximate surface area is 120 Å². The molecule has 4 fully saturated rings. The molecule has 1 aromatic rings. The second kappa shape index (κ2) is 4.52. The SMILES string of the molecule is CNCc1nnnn1C(C)C12CC3CC(CC(C3)C1)C2. The van der Waals surface area contributed by atoms with Crippen LogP contribution in [0.4, 0.5) is 0 Å². The fourth-order valence-electron chi connectivity index (χ4n) is 5.74. The van der Waals surface area contributed by atoms with E-state index in [1.807, 2.05) is 7.05 Å². The van der Waals surface area contributed by atoms with Gasteiger partial charge in [0.1, 0.15) is 0 Å². The molecule has 5 nitrogen and oxygen atoms in total. The van der Waals surface area contributed by atoms with Gasteiger partial charge in [-0.25, -0.2) is 4.68 Å². The Morgan fingerprint density at radius 2 is 1.80 bits per heavy atom. The maximum absolute atomic E-state index is 4.31. The van der Waals surface area contributed by atoms with E-state index < -0.39 is 0 Å². The Kier molecular flexibility index (Phi) is 2.88. The summed E-state index contributed by atoms with van der Waals surface area (Å²) < 4.78 is 2.10. The number of tetrazole rings is 1. The fraction of sp³-hybridized carbons (Fsp3) is 0.933. The molecule has 5 heteroatoms. The Balaban J connectivity index is 1.64. The maximum atomic E-state index is 4.31. The Morgan fingerprint density at radius 1 is 1.20 bits per heavy atom. The second-order valence-electron chi connectivity index (χ2n) is 7.53. The first kappa shape index (κ1) is 12.7. The first-order valence-corrected chi connectivity index (χ1v) is 8.11. The normalized spacial score (nSPS) is 40.2. The Morgan fingerprint density at radius 3 is 2.35 bits per heavy atom. The van der Waals surface area contributed by atoms with Crippen molar-refractivity contribution in [3.8, 4) is 0 Å². The molecule has 1 aromatic heterocycles. The predicted molar refractivity (Wildman–Crippen MR) is 75.9 cm³/mol. The molecule has 1 unspecified atom stereocenters. The van der Waals surface area contributed by atoms with Gasteiger partial charge in [0, 0.05) is 0 Å². The lowest BCUT2D eigenvalue weighted by molar-refractivity contribution is -0.0818. The van der Waals surface area contributed by atoms with Crippen LogP contribution in [0.25, 0.3) is 0 Å². The molecule has 110 valence electrons. The number of nitrogens with one attached hydrogen (secondary N) is 1. The van der Waals surface area contributed by atoms with Crippen molar-refractivity contribution >= 4 is 0 Å². The summed E-state index contributed by atoms with van der Waals surface area (Å²) in [4.78, 5) is 0. The van der Waals surface area contributed by atoms with Gasteiger partial charge in [-0.2, -0.15) is 0 Å². The minimum atomic E-state index is 0.439. The van der Waals surface area contributed by atoms with Crippen LogP contribution in [-0.4, -0.2) is 27.3 Å². The van der Waals surface area contributed by atoms with E-state index in [1.54, 1.807) is 0 Å². The zero-order chi connectivity index (χ0) is 13.7. The highest BCUT2D eigenvalue weighted by atomic mass is 15.6. The molecule has 0 radical (unpaired) electrons.